The van der Waals surface area contributed by atoms with E-state index in [4.69, 9.17) is 9.47 Å². The summed E-state index contributed by atoms with van der Waals surface area (Å²) in [4.78, 5) is 64.5. The zero-order chi connectivity index (χ0) is 39.1. The number of carbonyl (C=O) groups excluding carboxylic acids is 4. The highest BCUT2D eigenvalue weighted by atomic mass is 32.1. The average Bonchev–Trinajstić information content (AvgIpc) is 3.82. The highest BCUT2D eigenvalue weighted by molar-refractivity contribution is 7.09. The third-order valence-corrected chi connectivity index (χ3v) is 10.2. The minimum absolute atomic E-state index is 0.115. The summed E-state index contributed by atoms with van der Waals surface area (Å²) in [6, 6.07) is 17.1. The number of nitrogens with one attached hydrogen (secondary N) is 3. The van der Waals surface area contributed by atoms with Crippen LogP contribution in [0.5, 0.6) is 0 Å². The van der Waals surface area contributed by atoms with E-state index in [1.807, 2.05) is 66.0 Å². The van der Waals surface area contributed by atoms with Crippen LogP contribution in [0.4, 0.5) is 9.59 Å². The van der Waals surface area contributed by atoms with E-state index < -0.39 is 41.7 Å². The van der Waals surface area contributed by atoms with E-state index in [9.17, 15) is 19.2 Å². The van der Waals surface area contributed by atoms with Gasteiger partial charge in [0, 0.05) is 36.6 Å². The van der Waals surface area contributed by atoms with Crippen molar-refractivity contribution in [1.82, 2.24) is 30.8 Å². The number of benzene rings is 2. The van der Waals surface area contributed by atoms with Crippen LogP contribution in [0.2, 0.25) is 0 Å². The normalized spacial score (nSPS) is 13.0. The second-order valence-electron chi connectivity index (χ2n) is 14.5. The number of carbonyl (C=O) groups is 4. The molecule has 0 saturated heterocycles. The van der Waals surface area contributed by atoms with Crippen LogP contribution in [-0.4, -0.2) is 69.6 Å². The van der Waals surface area contributed by atoms with Crippen molar-refractivity contribution in [1.29, 1.82) is 0 Å². The third-order valence-electron chi connectivity index (χ3n) is 8.23. The molecule has 12 nitrogen and oxygen atoms in total. The molecule has 54 heavy (non-hydrogen) atoms. The van der Waals surface area contributed by atoms with Gasteiger partial charge >= 0.3 is 18.1 Å². The monoisotopic (exact) mass is 776 g/mol. The second-order valence-corrected chi connectivity index (χ2v) is 16.4. The fourth-order valence-electron chi connectivity index (χ4n) is 5.60. The molecule has 3 N–H and O–H groups in total. The van der Waals surface area contributed by atoms with Gasteiger partial charge in [-0.3, -0.25) is 14.6 Å². The molecule has 3 unspecified atom stereocenters. The predicted octanol–water partition coefficient (Wildman–Crippen LogP) is 7.01. The highest BCUT2D eigenvalue weighted by Crippen LogP contribution is 2.20. The van der Waals surface area contributed by atoms with Crippen LogP contribution in [0.25, 0.3) is 0 Å². The quantitative estimate of drug-likeness (QED) is 0.0914. The molecule has 14 heteroatoms. The maximum atomic E-state index is 14.1. The summed E-state index contributed by atoms with van der Waals surface area (Å²) < 4.78 is 11.0. The number of thiazole rings is 2. The Balaban J connectivity index is 1.50. The largest absolute Gasteiger partial charge is 0.460 e. The van der Waals surface area contributed by atoms with Crippen molar-refractivity contribution in [3.63, 3.8) is 0 Å². The number of amides is 4. The molecule has 3 atom stereocenters. The Hall–Kier alpha value is -4.82. The van der Waals surface area contributed by atoms with Gasteiger partial charge in [0.1, 0.15) is 18.2 Å². The molecule has 4 rings (SSSR count). The summed E-state index contributed by atoms with van der Waals surface area (Å²) in [5.74, 6) is -0.868. The number of alkyl carbamates (subject to hydrolysis) is 1. The summed E-state index contributed by atoms with van der Waals surface area (Å²) in [7, 11) is 1.62. The number of hydrogen-bond donors (Lipinski definition) is 3. The van der Waals surface area contributed by atoms with E-state index in [0.29, 0.717) is 25.7 Å². The van der Waals surface area contributed by atoms with Gasteiger partial charge in [-0.2, -0.15) is 0 Å². The van der Waals surface area contributed by atoms with Crippen LogP contribution in [0, 0.1) is 0 Å². The number of aromatic nitrogens is 2. The Morgan fingerprint density at radius 1 is 0.852 bits per heavy atom. The van der Waals surface area contributed by atoms with Gasteiger partial charge in [-0.15, -0.1) is 22.7 Å². The highest BCUT2D eigenvalue weighted by Gasteiger charge is 2.30. The first-order chi connectivity index (χ1) is 25.7. The summed E-state index contributed by atoms with van der Waals surface area (Å²) in [5, 5.41) is 11.8. The number of esters is 1. The number of hydrogen-bond acceptors (Lipinski definition) is 10. The van der Waals surface area contributed by atoms with E-state index in [0.717, 1.165) is 26.7 Å². The minimum Gasteiger partial charge on any atom is -0.460 e. The number of rotatable bonds is 18. The molecule has 290 valence electrons. The SMILES string of the molecule is CC(C)c1nc(CN(C)C(=O)NC(CC(=O)OC(C)(C)C)C(=O)NC(CCC(Cc2ccccc2)NC(=O)OCc2cncs2)Cc2ccccc2)cs1. The number of urea groups is 1. The van der Waals surface area contributed by atoms with Crippen LogP contribution in [0.3, 0.4) is 0 Å². The minimum atomic E-state index is -1.21. The molecule has 2 aromatic carbocycles. The molecular weight excluding hydrogens is 725 g/mol. The summed E-state index contributed by atoms with van der Waals surface area (Å²) >= 11 is 2.94. The molecule has 2 heterocycles. The second kappa shape index (κ2) is 20.6. The zero-order valence-corrected chi connectivity index (χ0v) is 33.5. The Morgan fingerprint density at radius 3 is 2.00 bits per heavy atom. The van der Waals surface area contributed by atoms with Gasteiger partial charge in [0.2, 0.25) is 5.91 Å². The van der Waals surface area contributed by atoms with Crippen molar-refractivity contribution < 1.29 is 28.7 Å². The number of nitrogens with zero attached hydrogens (tertiary/aromatic N) is 3. The summed E-state index contributed by atoms with van der Waals surface area (Å²) in [6.45, 7) is 9.70. The molecule has 4 aromatic rings. The lowest BCUT2D eigenvalue weighted by Gasteiger charge is -2.27. The lowest BCUT2D eigenvalue weighted by atomic mass is 9.95. The van der Waals surface area contributed by atoms with E-state index in [-0.39, 0.29) is 31.5 Å². The van der Waals surface area contributed by atoms with Crippen molar-refractivity contribution in [2.24, 2.45) is 0 Å². The Kier molecular flexibility index (Phi) is 16.0. The lowest BCUT2D eigenvalue weighted by molar-refractivity contribution is -0.156. The lowest BCUT2D eigenvalue weighted by Crippen LogP contribution is -2.53. The first-order valence-corrected chi connectivity index (χ1v) is 19.9. The van der Waals surface area contributed by atoms with Gasteiger partial charge in [0.05, 0.1) is 34.1 Å². The maximum Gasteiger partial charge on any atom is 0.407 e. The number of ether oxygens (including phenoxy) is 2. The van der Waals surface area contributed by atoms with Crippen molar-refractivity contribution in [3.8, 4) is 0 Å². The third kappa shape index (κ3) is 14.9. The summed E-state index contributed by atoms with van der Waals surface area (Å²) in [5.41, 5.74) is 3.68. The van der Waals surface area contributed by atoms with Gasteiger partial charge in [-0.1, -0.05) is 74.5 Å². The molecule has 0 bridgehead atoms. The Bertz CT molecular complexity index is 1760. The molecule has 0 fully saturated rings. The van der Waals surface area contributed by atoms with Crippen LogP contribution in [0.15, 0.2) is 77.8 Å². The van der Waals surface area contributed by atoms with Gasteiger partial charge in [-0.05, 0) is 57.6 Å². The van der Waals surface area contributed by atoms with Crippen LogP contribution >= 0.6 is 22.7 Å². The van der Waals surface area contributed by atoms with Crippen LogP contribution in [-0.2, 0) is 45.1 Å². The van der Waals surface area contributed by atoms with Crippen molar-refractivity contribution in [2.45, 2.75) is 110 Å². The average molecular weight is 777 g/mol. The molecule has 0 saturated carbocycles. The van der Waals surface area contributed by atoms with E-state index in [1.54, 1.807) is 39.5 Å². The van der Waals surface area contributed by atoms with Crippen LogP contribution < -0.4 is 16.0 Å². The topological polar surface area (TPSA) is 152 Å². The van der Waals surface area contributed by atoms with Crippen LogP contribution in [0.1, 0.15) is 86.5 Å². The fraction of sp³-hybridized carbons (Fsp3) is 0.450. The molecule has 0 aliphatic rings. The molecule has 4 amide bonds. The molecular formula is C40H52N6O6S2. The zero-order valence-electron chi connectivity index (χ0n) is 31.9. The predicted molar refractivity (Wildman–Crippen MR) is 211 cm³/mol. The van der Waals surface area contributed by atoms with E-state index in [2.05, 4.69) is 39.8 Å². The molecule has 0 aliphatic heterocycles. The standard InChI is InChI=1S/C40H52N6O6S2/c1-27(2)37-43-32(25-53-37)23-46(6)38(49)45-34(21-35(47)52-40(3,4)5)36(48)42-30(19-28-13-9-7-10-14-28)17-18-31(20-29-15-11-8-12-16-29)44-39(50)51-24-33-22-41-26-54-33/h7-16,22,25-27,30-31,34H,17-21,23-24H2,1-6H3,(H,42,48)(H,44,50)(H,45,49). The summed E-state index contributed by atoms with van der Waals surface area (Å²) in [6.07, 6.45) is 2.76. The first kappa shape index (κ1) is 41.9. The molecule has 0 aliphatic carbocycles. The molecule has 2 aromatic heterocycles. The first-order valence-electron chi connectivity index (χ1n) is 18.1. The molecule has 0 spiro atoms. The van der Waals surface area contributed by atoms with Crippen molar-refractivity contribution in [3.05, 3.63) is 104 Å². The Morgan fingerprint density at radius 2 is 1.46 bits per heavy atom. The maximum absolute atomic E-state index is 14.1. The molecule has 0 radical (unpaired) electrons. The van der Waals surface area contributed by atoms with Crippen molar-refractivity contribution >= 4 is 46.7 Å². The fourth-order valence-corrected chi connectivity index (χ4v) is 6.94. The van der Waals surface area contributed by atoms with Gasteiger partial charge in [0.15, 0.2) is 0 Å². The van der Waals surface area contributed by atoms with Gasteiger partial charge < -0.3 is 30.3 Å². The van der Waals surface area contributed by atoms with E-state index in [1.165, 1.54) is 27.6 Å². The van der Waals surface area contributed by atoms with Crippen molar-refractivity contribution in [2.75, 3.05) is 7.05 Å². The van der Waals surface area contributed by atoms with E-state index >= 15 is 0 Å². The van der Waals surface area contributed by atoms with Gasteiger partial charge in [-0.25, -0.2) is 14.6 Å². The van der Waals surface area contributed by atoms with Gasteiger partial charge in [0.25, 0.3) is 0 Å². The smallest absolute Gasteiger partial charge is 0.407 e. The Labute approximate surface area is 326 Å².